The zero-order valence-corrected chi connectivity index (χ0v) is 21.2. The van der Waals surface area contributed by atoms with Crippen LogP contribution < -0.4 is 19.9 Å². The maximum Gasteiger partial charge on any atom is 0.341 e. The second-order valence-corrected chi connectivity index (χ2v) is 10.1. The predicted molar refractivity (Wildman–Crippen MR) is 132 cm³/mol. The lowest BCUT2D eigenvalue weighted by Gasteiger charge is -2.45. The summed E-state index contributed by atoms with van der Waals surface area (Å²) >= 11 is 0. The molecule has 0 saturated carbocycles. The molecule has 0 saturated heterocycles. The fourth-order valence-corrected chi connectivity index (χ4v) is 3.87. The van der Waals surface area contributed by atoms with Crippen LogP contribution in [-0.2, 0) is 11.3 Å². The highest BCUT2D eigenvalue weighted by atomic mass is 16.5. The number of nitrogens with zero attached hydrogens (tertiary/aromatic N) is 2. The maximum atomic E-state index is 12.6. The van der Waals surface area contributed by atoms with Gasteiger partial charge in [-0.2, -0.15) is 0 Å². The van der Waals surface area contributed by atoms with Gasteiger partial charge < -0.3 is 24.3 Å². The van der Waals surface area contributed by atoms with Crippen molar-refractivity contribution in [2.45, 2.75) is 72.1 Å². The van der Waals surface area contributed by atoms with Crippen molar-refractivity contribution in [2.75, 3.05) is 25.3 Å². The van der Waals surface area contributed by atoms with Crippen LogP contribution in [-0.4, -0.2) is 47.2 Å². The molecule has 2 heterocycles. The number of hydrogen-bond donors (Lipinski definition) is 1. The van der Waals surface area contributed by atoms with E-state index in [0.717, 1.165) is 24.0 Å². The third-order valence-corrected chi connectivity index (χ3v) is 6.15. The van der Waals surface area contributed by atoms with E-state index in [2.05, 4.69) is 25.8 Å². The molecule has 186 valence electrons. The molecule has 0 radical (unpaired) electrons. The molecule has 1 aliphatic rings. The minimum absolute atomic E-state index is 0.189. The SMILES string of the molecule is CCC(C)(C)N1Cc2cc(OCCCOC(C)(C)C)c(OC)cc2-c2cc(=O)c(C(=O)O)cn21. The summed E-state index contributed by atoms with van der Waals surface area (Å²) in [5.41, 5.74) is 1.16. The van der Waals surface area contributed by atoms with E-state index < -0.39 is 11.4 Å². The molecular formula is C26H36N2O6. The van der Waals surface area contributed by atoms with Gasteiger partial charge in [0.2, 0.25) is 0 Å². The van der Waals surface area contributed by atoms with E-state index in [0.29, 0.717) is 37.0 Å². The number of carboxylic acids is 1. The van der Waals surface area contributed by atoms with Crippen LogP contribution in [0.15, 0.2) is 29.2 Å². The third kappa shape index (κ3) is 5.38. The summed E-state index contributed by atoms with van der Waals surface area (Å²) in [4.78, 5) is 24.2. The number of hydrogen-bond acceptors (Lipinski definition) is 6. The van der Waals surface area contributed by atoms with Crippen molar-refractivity contribution in [2.24, 2.45) is 0 Å². The van der Waals surface area contributed by atoms with Crippen LogP contribution in [0.2, 0.25) is 0 Å². The lowest BCUT2D eigenvalue weighted by Crippen LogP contribution is -2.52. The summed E-state index contributed by atoms with van der Waals surface area (Å²) in [6.07, 6.45) is 2.98. The Bertz CT molecular complexity index is 1110. The molecule has 0 spiro atoms. The smallest absolute Gasteiger partial charge is 0.341 e. The maximum absolute atomic E-state index is 12.6. The van der Waals surface area contributed by atoms with E-state index >= 15 is 0 Å². The van der Waals surface area contributed by atoms with Gasteiger partial charge >= 0.3 is 5.97 Å². The van der Waals surface area contributed by atoms with E-state index in [1.807, 2.05) is 32.9 Å². The Labute approximate surface area is 201 Å². The van der Waals surface area contributed by atoms with Gasteiger partial charge in [-0.05, 0) is 58.7 Å². The minimum Gasteiger partial charge on any atom is -0.493 e. The van der Waals surface area contributed by atoms with Crippen molar-refractivity contribution in [1.82, 2.24) is 4.68 Å². The number of aromatic nitrogens is 1. The van der Waals surface area contributed by atoms with Crippen molar-refractivity contribution in [1.29, 1.82) is 0 Å². The number of benzene rings is 1. The van der Waals surface area contributed by atoms with Gasteiger partial charge in [-0.3, -0.25) is 9.47 Å². The number of carbonyl (C=O) groups is 1. The molecule has 2 aromatic rings. The number of ether oxygens (including phenoxy) is 3. The fourth-order valence-electron chi connectivity index (χ4n) is 3.87. The first kappa shape index (κ1) is 25.6. The average Bonchev–Trinajstić information content (AvgIpc) is 2.76. The summed E-state index contributed by atoms with van der Waals surface area (Å²) in [5.74, 6) is -0.0543. The van der Waals surface area contributed by atoms with Gasteiger partial charge in [0.05, 0.1) is 43.7 Å². The van der Waals surface area contributed by atoms with Gasteiger partial charge in [0.15, 0.2) is 16.9 Å². The second kappa shape index (κ2) is 9.70. The Morgan fingerprint density at radius 1 is 1.09 bits per heavy atom. The summed E-state index contributed by atoms with van der Waals surface area (Å²) in [5, 5.41) is 11.6. The normalized spacial score (nSPS) is 13.3. The molecule has 0 atom stereocenters. The topological polar surface area (TPSA) is 90.2 Å². The molecule has 8 heteroatoms. The van der Waals surface area contributed by atoms with Crippen LogP contribution >= 0.6 is 0 Å². The number of aromatic carboxylic acids is 1. The van der Waals surface area contributed by atoms with Crippen molar-refractivity contribution >= 4 is 5.97 Å². The van der Waals surface area contributed by atoms with Gasteiger partial charge in [0.1, 0.15) is 5.56 Å². The monoisotopic (exact) mass is 472 g/mol. The standard InChI is InChI=1S/C26H36N2O6/c1-8-26(5,6)28-15-17-12-23(33-10-9-11-34-25(2,3)4)22(32-7)13-18(17)20-14-21(29)19(24(30)31)16-27(20)28/h12-14,16H,8-11,15H2,1-7H3,(H,30,31). The zero-order chi connectivity index (χ0) is 25.3. The highest BCUT2D eigenvalue weighted by Gasteiger charge is 2.33. The van der Waals surface area contributed by atoms with Gasteiger partial charge in [0.25, 0.3) is 0 Å². The van der Waals surface area contributed by atoms with Gasteiger partial charge in [-0.1, -0.05) is 6.92 Å². The lowest BCUT2D eigenvalue weighted by molar-refractivity contribution is -0.00777. The quantitative estimate of drug-likeness (QED) is 0.539. The first-order chi connectivity index (χ1) is 15.9. The minimum atomic E-state index is -1.24. The van der Waals surface area contributed by atoms with Crippen LogP contribution in [0.1, 0.15) is 70.3 Å². The predicted octanol–water partition coefficient (Wildman–Crippen LogP) is 4.45. The van der Waals surface area contributed by atoms with Crippen molar-refractivity contribution < 1.29 is 24.1 Å². The van der Waals surface area contributed by atoms with E-state index in [-0.39, 0.29) is 16.7 Å². The molecule has 8 nitrogen and oxygen atoms in total. The van der Waals surface area contributed by atoms with Crippen LogP contribution in [0.25, 0.3) is 11.3 Å². The van der Waals surface area contributed by atoms with E-state index in [9.17, 15) is 14.7 Å². The average molecular weight is 473 g/mol. The van der Waals surface area contributed by atoms with Crippen LogP contribution in [0, 0.1) is 0 Å². The number of pyridine rings is 1. The number of methoxy groups -OCH3 is 1. The fraction of sp³-hybridized carbons (Fsp3) is 0.538. The highest BCUT2D eigenvalue weighted by molar-refractivity contribution is 5.88. The second-order valence-electron chi connectivity index (χ2n) is 10.1. The first-order valence-corrected chi connectivity index (χ1v) is 11.6. The molecule has 0 fully saturated rings. The van der Waals surface area contributed by atoms with E-state index in [1.54, 1.807) is 11.8 Å². The van der Waals surface area contributed by atoms with Gasteiger partial charge in [0, 0.05) is 24.2 Å². The molecular weight excluding hydrogens is 436 g/mol. The summed E-state index contributed by atoms with van der Waals surface area (Å²) in [6.45, 7) is 13.9. The Kier molecular flexibility index (Phi) is 7.31. The number of rotatable bonds is 9. The highest BCUT2D eigenvalue weighted by Crippen LogP contribution is 2.40. The Morgan fingerprint density at radius 2 is 1.79 bits per heavy atom. The van der Waals surface area contributed by atoms with E-state index in [1.165, 1.54) is 12.3 Å². The van der Waals surface area contributed by atoms with Crippen molar-refractivity contribution in [3.05, 3.63) is 45.7 Å². The van der Waals surface area contributed by atoms with Gasteiger partial charge in [-0.15, -0.1) is 0 Å². The zero-order valence-electron chi connectivity index (χ0n) is 21.2. The molecule has 3 rings (SSSR count). The number of carboxylic acid groups (broad SMARTS) is 1. The third-order valence-electron chi connectivity index (χ3n) is 6.15. The first-order valence-electron chi connectivity index (χ1n) is 11.6. The lowest BCUT2D eigenvalue weighted by atomic mass is 9.95. The molecule has 0 unspecified atom stereocenters. The summed E-state index contributed by atoms with van der Waals surface area (Å²) < 4.78 is 19.2. The number of fused-ring (bicyclic) bond motifs is 3. The van der Waals surface area contributed by atoms with Crippen LogP contribution in [0.5, 0.6) is 11.5 Å². The Hall–Kier alpha value is -3.00. The molecule has 0 bridgehead atoms. The molecule has 1 aromatic heterocycles. The molecule has 0 amide bonds. The summed E-state index contributed by atoms with van der Waals surface area (Å²) in [7, 11) is 1.58. The van der Waals surface area contributed by atoms with Crippen molar-refractivity contribution in [3.63, 3.8) is 0 Å². The molecule has 0 aliphatic carbocycles. The van der Waals surface area contributed by atoms with Crippen LogP contribution in [0.3, 0.4) is 0 Å². The van der Waals surface area contributed by atoms with Crippen LogP contribution in [0.4, 0.5) is 0 Å². The molecule has 34 heavy (non-hydrogen) atoms. The Balaban J connectivity index is 2.01. The molecule has 1 aromatic carbocycles. The summed E-state index contributed by atoms with van der Waals surface area (Å²) in [6, 6.07) is 5.21. The largest absolute Gasteiger partial charge is 0.493 e. The van der Waals surface area contributed by atoms with Gasteiger partial charge in [-0.25, -0.2) is 4.79 Å². The Morgan fingerprint density at radius 3 is 2.38 bits per heavy atom. The molecule has 1 N–H and O–H groups in total. The van der Waals surface area contributed by atoms with Crippen molar-refractivity contribution in [3.8, 4) is 22.8 Å². The van der Waals surface area contributed by atoms with E-state index in [4.69, 9.17) is 14.2 Å². The molecule has 1 aliphatic heterocycles.